The van der Waals surface area contributed by atoms with E-state index in [1.807, 2.05) is 53.8 Å². The number of hydrogen-bond acceptors (Lipinski definition) is 15. The highest BCUT2D eigenvalue weighted by Crippen LogP contribution is 2.18. The van der Waals surface area contributed by atoms with Gasteiger partial charge in [0.05, 0.1) is 26.2 Å². The van der Waals surface area contributed by atoms with Crippen LogP contribution < -0.4 is 26.6 Å². The van der Waals surface area contributed by atoms with Gasteiger partial charge in [0.2, 0.25) is 17.7 Å². The van der Waals surface area contributed by atoms with Gasteiger partial charge in [0.25, 0.3) is 5.78 Å². The number of unbranched alkanes of at least 4 members (excludes halogenated alkanes) is 1. The predicted octanol–water partition coefficient (Wildman–Crippen LogP) is -0.399. The third-order valence-electron chi connectivity index (χ3n) is 12.6. The molecule has 424 valence electrons. The molecule has 4 rings (SSSR count). The van der Waals surface area contributed by atoms with E-state index in [2.05, 4.69) is 43.9 Å². The van der Waals surface area contributed by atoms with Gasteiger partial charge in [-0.3, -0.25) is 58.0 Å². The summed E-state index contributed by atoms with van der Waals surface area (Å²) in [6.07, 6.45) is -1.15. The number of carboxylic acid groups (broad SMARTS) is 6. The zero-order chi connectivity index (χ0) is 57.3. The molecule has 0 radical (unpaired) electrons. The fraction of sp³-hybridized carbons (Fsp3) is 0.471. The lowest BCUT2D eigenvalue weighted by Crippen LogP contribution is -2.56. The van der Waals surface area contributed by atoms with E-state index in [0.29, 0.717) is 11.1 Å². The summed E-state index contributed by atoms with van der Waals surface area (Å²) >= 11 is 2.12. The van der Waals surface area contributed by atoms with Gasteiger partial charge < -0.3 is 57.2 Å². The number of ketones is 1. The van der Waals surface area contributed by atoms with Crippen LogP contribution in [0.25, 0.3) is 10.8 Å². The Morgan fingerprint density at radius 2 is 0.974 bits per heavy atom. The number of carbonyl (C=O) groups excluding carboxylic acids is 5. The number of halogens is 1. The Bertz CT molecular complexity index is 2580. The molecule has 0 spiro atoms. The lowest BCUT2D eigenvalue weighted by molar-refractivity contribution is -0.150. The highest BCUT2D eigenvalue weighted by molar-refractivity contribution is 14.1. The monoisotopic (exact) mass is 1200 g/mol. The molecule has 4 atom stereocenters. The number of nitrogens with zero attached hydrogens (tertiary/aromatic N) is 4. The molecule has 27 heteroatoms. The zero-order valence-corrected chi connectivity index (χ0v) is 44.8. The summed E-state index contributed by atoms with van der Waals surface area (Å²) < 4.78 is 0.904. The molecular formula is C51H66IN9O17. The second-order valence-corrected chi connectivity index (χ2v) is 19.9. The van der Waals surface area contributed by atoms with Crippen LogP contribution in [0.2, 0.25) is 0 Å². The molecule has 78 heavy (non-hydrogen) atoms. The predicted molar refractivity (Wildman–Crippen MR) is 286 cm³/mol. The number of rotatable bonds is 29. The van der Waals surface area contributed by atoms with Crippen LogP contribution in [0.3, 0.4) is 0 Å². The number of Topliss-reactive ketones (excluding diaryl/α,β-unsaturated/α-hetero) is 1. The molecule has 1 fully saturated rings. The number of hydrogen-bond donors (Lipinski definition) is 11. The van der Waals surface area contributed by atoms with Crippen molar-refractivity contribution in [3.63, 3.8) is 0 Å². The molecule has 1 heterocycles. The Labute approximate surface area is 462 Å². The second-order valence-electron chi connectivity index (χ2n) is 18.6. The molecule has 1 aliphatic heterocycles. The van der Waals surface area contributed by atoms with Crippen molar-refractivity contribution in [3.05, 3.63) is 81.4 Å². The van der Waals surface area contributed by atoms with Gasteiger partial charge in [0.1, 0.15) is 24.2 Å². The Hall–Kier alpha value is -7.34. The van der Waals surface area contributed by atoms with Gasteiger partial charge in [-0.25, -0.2) is 14.4 Å². The fourth-order valence-corrected chi connectivity index (χ4v) is 8.85. The highest BCUT2D eigenvalue weighted by atomic mass is 127. The summed E-state index contributed by atoms with van der Waals surface area (Å²) in [5.74, 6) is -11.5. The van der Waals surface area contributed by atoms with Crippen LogP contribution >= 0.6 is 22.6 Å². The number of fused-ring (bicyclic) bond motifs is 1. The average molecular weight is 1200 g/mol. The maximum absolute atomic E-state index is 14.6. The van der Waals surface area contributed by atoms with E-state index in [9.17, 15) is 73.2 Å². The van der Waals surface area contributed by atoms with Crippen molar-refractivity contribution in [2.24, 2.45) is 0 Å². The van der Waals surface area contributed by atoms with E-state index in [0.717, 1.165) is 14.3 Å². The molecule has 3 aromatic rings. The van der Waals surface area contributed by atoms with Gasteiger partial charge in [-0.1, -0.05) is 54.6 Å². The molecule has 3 aromatic carbocycles. The standard InChI is InChI=1S/C51H66IN9O17/c52-36-12-9-32(10-13-36)26-40(54-41(62)28-58-17-19-59(29-43(65)66)21-23-61(31-45(69)70)24-22-60(20-18-58)30-44(67)68)48(73)55-39(27-33-8-11-34-5-1-2-6-35(34)25-33)47(72)53-16-4-3-7-38(49(74)75)57-51(78)56-37(14-15-42(63)64)46(71)50(76)77/h1-2,5-6,8-13,25,37-40H,3-4,7,14-24,26-31H2,(H,53,72)(H,54,62)(H,55,73)(H,63,64)(H,65,66)(H,67,68)(H,69,70)(H,74,75)(H,76,77)(H2,56,57,78)/t37-,38-,39-,40-/m0/s1. The summed E-state index contributed by atoms with van der Waals surface area (Å²) in [5, 5.41) is 71.1. The van der Waals surface area contributed by atoms with E-state index in [1.165, 1.54) is 0 Å². The lowest BCUT2D eigenvalue weighted by atomic mass is 10.00. The van der Waals surface area contributed by atoms with E-state index in [1.54, 1.807) is 37.8 Å². The minimum absolute atomic E-state index is 0.00784. The van der Waals surface area contributed by atoms with Crippen molar-refractivity contribution in [3.8, 4) is 0 Å². The number of benzene rings is 3. The Balaban J connectivity index is 1.52. The van der Waals surface area contributed by atoms with Gasteiger partial charge in [-0.15, -0.1) is 0 Å². The van der Waals surface area contributed by atoms with Crippen LogP contribution in [-0.2, 0) is 60.8 Å². The molecule has 0 saturated carbocycles. The maximum Gasteiger partial charge on any atom is 0.374 e. The summed E-state index contributed by atoms with van der Waals surface area (Å²) in [4.78, 5) is 144. The summed E-state index contributed by atoms with van der Waals surface area (Å²) in [5.41, 5.74) is 1.34. The maximum atomic E-state index is 14.6. The van der Waals surface area contributed by atoms with Crippen LogP contribution in [0.15, 0.2) is 66.7 Å². The molecule has 0 aromatic heterocycles. The van der Waals surface area contributed by atoms with Crippen molar-refractivity contribution >= 4 is 98.7 Å². The van der Waals surface area contributed by atoms with Gasteiger partial charge >= 0.3 is 41.8 Å². The minimum Gasteiger partial charge on any atom is -0.481 e. The average Bonchev–Trinajstić information content (AvgIpc) is 3.37. The van der Waals surface area contributed by atoms with E-state index in [4.69, 9.17) is 10.2 Å². The van der Waals surface area contributed by atoms with E-state index < -0.39 is 102 Å². The third kappa shape index (κ3) is 23.5. The summed E-state index contributed by atoms with van der Waals surface area (Å²) in [7, 11) is 0. The number of nitrogens with one attached hydrogen (secondary N) is 5. The third-order valence-corrected chi connectivity index (χ3v) is 13.3. The van der Waals surface area contributed by atoms with Gasteiger partial charge in [-0.05, 0) is 82.3 Å². The van der Waals surface area contributed by atoms with Crippen molar-refractivity contribution in [2.75, 3.05) is 85.1 Å². The number of urea groups is 1. The van der Waals surface area contributed by atoms with E-state index in [-0.39, 0.29) is 117 Å². The van der Waals surface area contributed by atoms with Gasteiger partial charge in [-0.2, -0.15) is 0 Å². The lowest BCUT2D eigenvalue weighted by Gasteiger charge is -2.33. The first kappa shape index (κ1) is 63.2. The van der Waals surface area contributed by atoms with Crippen LogP contribution in [0, 0.1) is 3.57 Å². The van der Waals surface area contributed by atoms with Crippen LogP contribution in [0.1, 0.15) is 43.2 Å². The number of carboxylic acids is 6. The van der Waals surface area contributed by atoms with Gasteiger partial charge in [0.15, 0.2) is 0 Å². The molecule has 1 aliphatic rings. The SMILES string of the molecule is O=C(O)CC[C@H](NC(=O)N[C@@H](CCCCNC(=O)[C@H](Cc1ccc2ccccc2c1)NC(=O)[C@H](Cc1ccc(I)cc1)NC(=O)CN1CCN(CC(=O)O)CCN(CC(=O)O)CCN(CC(=O)O)CC1)C(=O)O)C(=O)C(=O)O. The molecule has 1 saturated heterocycles. The smallest absolute Gasteiger partial charge is 0.374 e. The number of carbonyl (C=O) groups is 11. The first-order chi connectivity index (χ1) is 37.0. The number of aliphatic carboxylic acids is 6. The van der Waals surface area contributed by atoms with Crippen molar-refractivity contribution < 1.29 is 83.4 Å². The van der Waals surface area contributed by atoms with Crippen molar-refractivity contribution in [2.45, 2.75) is 69.1 Å². The molecule has 0 aliphatic carbocycles. The molecule has 0 bridgehead atoms. The quantitative estimate of drug-likeness (QED) is 0.0239. The highest BCUT2D eigenvalue weighted by Gasteiger charge is 2.31. The zero-order valence-electron chi connectivity index (χ0n) is 42.6. The Kier molecular flexibility index (Phi) is 26.3. The van der Waals surface area contributed by atoms with Crippen molar-refractivity contribution in [1.82, 2.24) is 46.2 Å². The first-order valence-electron chi connectivity index (χ1n) is 25.0. The largest absolute Gasteiger partial charge is 0.481 e. The normalized spacial score (nSPS) is 15.7. The van der Waals surface area contributed by atoms with Crippen LogP contribution in [0.5, 0.6) is 0 Å². The molecule has 11 N–H and O–H groups in total. The molecule has 26 nitrogen and oxygen atoms in total. The van der Waals surface area contributed by atoms with Crippen LogP contribution in [0.4, 0.5) is 4.79 Å². The first-order valence-corrected chi connectivity index (χ1v) is 26.1. The molecule has 5 amide bonds. The van der Waals surface area contributed by atoms with Crippen LogP contribution in [-0.4, -0.2) is 225 Å². The molecular weight excluding hydrogens is 1140 g/mol. The topological polar surface area (TPSA) is 382 Å². The Morgan fingerprint density at radius 3 is 1.49 bits per heavy atom. The van der Waals surface area contributed by atoms with Gasteiger partial charge in [0, 0.05) is 81.7 Å². The summed E-state index contributed by atoms with van der Waals surface area (Å²) in [6, 6.07) is 13.3. The molecule has 0 unspecified atom stereocenters. The summed E-state index contributed by atoms with van der Waals surface area (Å²) in [6.45, 7) is -0.169. The minimum atomic E-state index is -1.93. The van der Waals surface area contributed by atoms with E-state index >= 15 is 0 Å². The van der Waals surface area contributed by atoms with Crippen molar-refractivity contribution in [1.29, 1.82) is 0 Å². The second kappa shape index (κ2) is 32.4. The fourth-order valence-electron chi connectivity index (χ4n) is 8.49. The number of amides is 5. The Morgan fingerprint density at radius 1 is 0.487 bits per heavy atom.